The Morgan fingerprint density at radius 2 is 1.79 bits per heavy atom. The predicted octanol–water partition coefficient (Wildman–Crippen LogP) is 5.73. The molecule has 0 saturated carbocycles. The first-order valence-corrected chi connectivity index (χ1v) is 20.5. The van der Waals surface area contributed by atoms with Crippen molar-refractivity contribution >= 4 is 35.7 Å². The van der Waals surface area contributed by atoms with Crippen molar-refractivity contribution in [2.75, 3.05) is 47.2 Å². The summed E-state index contributed by atoms with van der Waals surface area (Å²) in [6.07, 6.45) is -1.56. The number of ether oxygens (including phenoxy) is 7. The topological polar surface area (TPSA) is 158 Å². The van der Waals surface area contributed by atoms with Crippen LogP contribution in [0, 0.1) is 25.2 Å². The van der Waals surface area contributed by atoms with E-state index in [0.717, 1.165) is 34.9 Å². The third kappa shape index (κ3) is 7.30. The van der Waals surface area contributed by atoms with E-state index in [-0.39, 0.29) is 37.7 Å². The first-order valence-electron chi connectivity index (χ1n) is 19.5. The van der Waals surface area contributed by atoms with Crippen LogP contribution in [0.25, 0.3) is 6.08 Å². The summed E-state index contributed by atoms with van der Waals surface area (Å²) >= 11 is 1.32. The number of alkyl halides is 3. The Labute approximate surface area is 353 Å². The number of halogens is 3. The second-order valence-corrected chi connectivity index (χ2v) is 16.6. The molecule has 3 aromatic rings. The highest BCUT2D eigenvalue weighted by Crippen LogP contribution is 2.64. The molecule has 6 aliphatic heterocycles. The van der Waals surface area contributed by atoms with E-state index < -0.39 is 65.0 Å². The first kappa shape index (κ1) is 42.2. The zero-order chi connectivity index (χ0) is 43.5. The number of hydrogen-bond donors (Lipinski definition) is 1. The van der Waals surface area contributed by atoms with Gasteiger partial charge in [-0.2, -0.15) is 18.4 Å². The fourth-order valence-electron chi connectivity index (χ4n) is 9.48. The molecule has 9 rings (SSSR count). The van der Waals surface area contributed by atoms with Crippen LogP contribution in [0.1, 0.15) is 68.8 Å². The maximum Gasteiger partial charge on any atom is 0.416 e. The minimum atomic E-state index is -4.51. The number of rotatable bonds is 8. The van der Waals surface area contributed by atoms with E-state index >= 15 is 0 Å². The van der Waals surface area contributed by atoms with Crippen molar-refractivity contribution in [2.24, 2.45) is 0 Å². The van der Waals surface area contributed by atoms with E-state index in [2.05, 4.69) is 27.3 Å². The first-order chi connectivity index (χ1) is 29.2. The number of carbonyl (C=O) groups is 3. The third-order valence-electron chi connectivity index (χ3n) is 11.9. The Bertz CT molecular complexity index is 2350. The molecule has 0 aromatic heterocycles. The summed E-state index contributed by atoms with van der Waals surface area (Å²) in [5, 5.41) is 13.2. The minimum absolute atomic E-state index is 0.0427. The highest BCUT2D eigenvalue weighted by molar-refractivity contribution is 7.99. The molecule has 1 amide bonds. The van der Waals surface area contributed by atoms with E-state index in [1.165, 1.54) is 44.0 Å². The molecule has 0 radical (unpaired) electrons. The van der Waals surface area contributed by atoms with Gasteiger partial charge in [0.2, 0.25) is 12.7 Å². The minimum Gasteiger partial charge on any atom is -0.493 e. The number of benzene rings is 3. The molecule has 14 nitrogen and oxygen atoms in total. The normalized spacial score (nSPS) is 25.4. The molecule has 0 aliphatic carbocycles. The van der Waals surface area contributed by atoms with Gasteiger partial charge < -0.3 is 38.5 Å². The van der Waals surface area contributed by atoms with Gasteiger partial charge in [-0.1, -0.05) is 18.2 Å². The molecule has 1 N–H and O–H groups in total. The van der Waals surface area contributed by atoms with E-state index in [9.17, 15) is 32.8 Å². The van der Waals surface area contributed by atoms with Crippen LogP contribution in [0.4, 0.5) is 13.2 Å². The number of hydrogen-bond acceptors (Lipinski definition) is 14. The lowest BCUT2D eigenvalue weighted by Gasteiger charge is -2.61. The number of likely N-dealkylation sites (N-methyl/N-ethyl adjacent to an activating group) is 1. The van der Waals surface area contributed by atoms with Gasteiger partial charge in [-0.3, -0.25) is 19.4 Å². The Balaban J connectivity index is 1.27. The molecule has 0 spiro atoms. The SMILES string of the molecule is COCOc1c(OC)c(C)cc2c1[C@@H]1C3[C@@H]4SC[C@H](NC(=O)C=Cc5ccc(C(F)(F)F)cc5)C(=O)OC[C@@H](c5c6c(c(C)c(OC(C)=O)c54)OCO6)N3[C@@H](C#N)[C@H](C2)N1C. The third-order valence-corrected chi connectivity index (χ3v) is 13.3. The average Bonchev–Trinajstić information content (AvgIpc) is 3.71. The molecular formula is C43H43F3N4O10S. The molecule has 18 heteroatoms. The van der Waals surface area contributed by atoms with E-state index in [0.29, 0.717) is 51.7 Å². The molecule has 4 bridgehead atoms. The van der Waals surface area contributed by atoms with Crippen molar-refractivity contribution in [3.05, 3.63) is 80.9 Å². The summed E-state index contributed by atoms with van der Waals surface area (Å²) in [5.41, 5.74) is 3.84. The molecule has 6 heterocycles. The van der Waals surface area contributed by atoms with Crippen molar-refractivity contribution < 1.29 is 60.7 Å². The zero-order valence-electron chi connectivity index (χ0n) is 34.1. The van der Waals surface area contributed by atoms with Crippen molar-refractivity contribution in [2.45, 2.75) is 74.9 Å². The maximum absolute atomic E-state index is 14.0. The van der Waals surface area contributed by atoms with Crippen molar-refractivity contribution in [3.63, 3.8) is 0 Å². The predicted molar refractivity (Wildman–Crippen MR) is 213 cm³/mol. The van der Waals surface area contributed by atoms with Crippen LogP contribution >= 0.6 is 11.8 Å². The largest absolute Gasteiger partial charge is 0.493 e. The van der Waals surface area contributed by atoms with Crippen LogP contribution in [0.5, 0.6) is 28.7 Å². The van der Waals surface area contributed by atoms with E-state index in [4.69, 9.17) is 33.2 Å². The molecule has 322 valence electrons. The Morgan fingerprint density at radius 1 is 1.05 bits per heavy atom. The van der Waals surface area contributed by atoms with Crippen LogP contribution < -0.4 is 29.0 Å². The summed E-state index contributed by atoms with van der Waals surface area (Å²) in [7, 11) is 5.06. The molecule has 61 heavy (non-hydrogen) atoms. The Hall–Kier alpha value is -5.48. The number of methoxy groups -OCH3 is 2. The van der Waals surface area contributed by atoms with Crippen LogP contribution in [0.3, 0.4) is 0 Å². The van der Waals surface area contributed by atoms with E-state index in [1.54, 1.807) is 14.0 Å². The molecule has 1 unspecified atom stereocenters. The van der Waals surface area contributed by atoms with Gasteiger partial charge in [-0.05, 0) is 62.2 Å². The lowest BCUT2D eigenvalue weighted by molar-refractivity contribution is -0.152. The van der Waals surface area contributed by atoms with Gasteiger partial charge >= 0.3 is 18.1 Å². The van der Waals surface area contributed by atoms with E-state index in [1.807, 2.05) is 14.0 Å². The van der Waals surface area contributed by atoms with Crippen LogP contribution in [0.15, 0.2) is 36.4 Å². The number of nitrogens with zero attached hydrogens (tertiary/aromatic N) is 3. The van der Waals surface area contributed by atoms with Gasteiger partial charge in [-0.15, -0.1) is 11.8 Å². The van der Waals surface area contributed by atoms with Crippen molar-refractivity contribution in [1.82, 2.24) is 15.1 Å². The van der Waals surface area contributed by atoms with Gasteiger partial charge in [0.15, 0.2) is 29.8 Å². The fourth-order valence-corrected chi connectivity index (χ4v) is 11.0. The lowest BCUT2D eigenvalue weighted by Crippen LogP contribution is -2.69. The molecule has 6 aliphatic rings. The van der Waals surface area contributed by atoms with Gasteiger partial charge in [-0.25, -0.2) is 4.79 Å². The molecule has 3 aromatic carbocycles. The number of aryl methyl sites for hydroxylation is 1. The quantitative estimate of drug-likeness (QED) is 0.127. The number of esters is 2. The summed E-state index contributed by atoms with van der Waals surface area (Å²) in [4.78, 5) is 44.6. The number of thioether (sulfide) groups is 1. The Morgan fingerprint density at radius 3 is 2.46 bits per heavy atom. The lowest BCUT2D eigenvalue weighted by atomic mass is 9.71. The van der Waals surface area contributed by atoms with Gasteiger partial charge in [0, 0.05) is 60.2 Å². The maximum atomic E-state index is 14.0. The number of nitrogens with one attached hydrogen (secondary N) is 1. The summed E-state index contributed by atoms with van der Waals surface area (Å²) in [6, 6.07) is 4.78. The molecule has 2 fully saturated rings. The average molecular weight is 865 g/mol. The van der Waals surface area contributed by atoms with Crippen molar-refractivity contribution in [1.29, 1.82) is 5.26 Å². The standard InChI is InChI=1S/C43H43F3N4O10S/c1-20-13-24-14-27-28(15-47)50-29-16-56-42(53)26(48-30(52)12-9-23-7-10-25(11-8-23)43(44,45)46)17-61-41(33-32(29)40-38(58-19-59-40)21(2)37(33)60-22(3)51)35(50)34(49(27)4)31(24)39(36(20)55-6)57-18-54-5/h7-13,26-29,34-35,41H,14,16-19H2,1-6H3,(H,48,52)/t26-,27-,28-,29-,34+,35?,41+/m0/s1. The van der Waals surface area contributed by atoms with Crippen LogP contribution in [-0.2, 0) is 36.5 Å². The highest BCUT2D eigenvalue weighted by Gasteiger charge is 2.61. The van der Waals surface area contributed by atoms with Crippen molar-refractivity contribution in [3.8, 4) is 34.8 Å². The van der Waals surface area contributed by atoms with Crippen LogP contribution in [0.2, 0.25) is 0 Å². The number of nitriles is 1. The fraction of sp³-hybridized carbons (Fsp3) is 0.442. The summed E-state index contributed by atoms with van der Waals surface area (Å²) < 4.78 is 81.3. The zero-order valence-corrected chi connectivity index (χ0v) is 34.9. The smallest absolute Gasteiger partial charge is 0.416 e. The molecule has 7 atom stereocenters. The number of piperazine rings is 1. The van der Waals surface area contributed by atoms with Gasteiger partial charge in [0.1, 0.15) is 24.4 Å². The second-order valence-electron chi connectivity index (χ2n) is 15.4. The monoisotopic (exact) mass is 864 g/mol. The highest BCUT2D eigenvalue weighted by atomic mass is 32.2. The van der Waals surface area contributed by atoms with Crippen LogP contribution in [-0.4, -0.2) is 99.0 Å². The summed E-state index contributed by atoms with van der Waals surface area (Å²) in [5.74, 6) is 0.00138. The van der Waals surface area contributed by atoms with Gasteiger partial charge in [0.05, 0.1) is 36.1 Å². The number of amides is 1. The van der Waals surface area contributed by atoms with Gasteiger partial charge in [0.25, 0.3) is 0 Å². The number of carbonyl (C=O) groups excluding carboxylic acids is 3. The molecular weight excluding hydrogens is 822 g/mol. The second kappa shape index (κ2) is 16.4. The Kier molecular flexibility index (Phi) is 11.4. The summed E-state index contributed by atoms with van der Waals surface area (Å²) in [6.45, 7) is 4.52. The number of fused-ring (bicyclic) bond motifs is 10. The molecule has 2 saturated heterocycles.